The molecule has 0 N–H and O–H groups in total. The maximum atomic E-state index is 11.0. The summed E-state index contributed by atoms with van der Waals surface area (Å²) in [5.74, 6) is 0.730. The molecule has 11 heavy (non-hydrogen) atoms. The van der Waals surface area contributed by atoms with Crippen LogP contribution in [0.1, 0.15) is 0 Å². The van der Waals surface area contributed by atoms with Gasteiger partial charge < -0.3 is 9.47 Å². The lowest BCUT2D eigenvalue weighted by molar-refractivity contribution is 0.311. The van der Waals surface area contributed by atoms with Gasteiger partial charge in [0.15, 0.2) is 5.75 Å². The molecule has 0 aliphatic rings. The Morgan fingerprint density at radius 1 is 1.18 bits per heavy atom. The molecule has 0 fully saturated rings. The van der Waals surface area contributed by atoms with E-state index in [1.165, 1.54) is 20.3 Å². The Bertz CT molecular complexity index is 245. The molecule has 1 radical (unpaired) electrons. The van der Waals surface area contributed by atoms with Crippen LogP contribution in [0.2, 0.25) is 0 Å². The summed E-state index contributed by atoms with van der Waals surface area (Å²) in [6, 6.07) is 4.65. The Morgan fingerprint density at radius 3 is 2.36 bits per heavy atom. The molecule has 1 aromatic rings. The minimum Gasteiger partial charge on any atom is -0.497 e. The van der Waals surface area contributed by atoms with Gasteiger partial charge in [-0.3, -0.25) is 5.11 Å². The lowest BCUT2D eigenvalue weighted by Gasteiger charge is -2.02. The molecule has 0 aromatic heterocycles. The van der Waals surface area contributed by atoms with E-state index in [2.05, 4.69) is 0 Å². The van der Waals surface area contributed by atoms with Crippen molar-refractivity contribution in [2.24, 2.45) is 0 Å². The van der Waals surface area contributed by atoms with Crippen LogP contribution in [-0.2, 0) is 5.11 Å². The van der Waals surface area contributed by atoms with E-state index in [1.807, 2.05) is 0 Å². The molecule has 0 heterocycles. The number of benzene rings is 1. The molecular formula is C8H9O3. The second-order valence-electron chi connectivity index (χ2n) is 2.02. The summed E-state index contributed by atoms with van der Waals surface area (Å²) in [6.45, 7) is 0. The average Bonchev–Trinajstić information content (AvgIpc) is 2.04. The number of hydrogen-bond acceptors (Lipinski definition) is 2. The van der Waals surface area contributed by atoms with E-state index in [0.717, 1.165) is 0 Å². The van der Waals surface area contributed by atoms with Gasteiger partial charge in [0.1, 0.15) is 5.75 Å². The first kappa shape index (κ1) is 7.72. The number of ether oxygens (including phenoxy) is 2. The first-order chi connectivity index (χ1) is 5.27. The average molecular weight is 153 g/mol. The zero-order valence-electron chi connectivity index (χ0n) is 6.46. The van der Waals surface area contributed by atoms with Crippen LogP contribution in [0.25, 0.3) is 0 Å². The second-order valence-corrected chi connectivity index (χ2v) is 2.02. The lowest BCUT2D eigenvalue weighted by Crippen LogP contribution is -1.85. The third kappa shape index (κ3) is 1.55. The van der Waals surface area contributed by atoms with E-state index in [4.69, 9.17) is 9.47 Å². The maximum Gasteiger partial charge on any atom is 0.224 e. The van der Waals surface area contributed by atoms with Gasteiger partial charge in [0.2, 0.25) is 5.75 Å². The van der Waals surface area contributed by atoms with Crippen molar-refractivity contribution in [3.63, 3.8) is 0 Å². The molecule has 1 aromatic carbocycles. The zero-order chi connectivity index (χ0) is 8.27. The summed E-state index contributed by atoms with van der Waals surface area (Å²) in [7, 11) is 2.98. The van der Waals surface area contributed by atoms with Crippen LogP contribution in [0.3, 0.4) is 0 Å². The van der Waals surface area contributed by atoms with Gasteiger partial charge in [0.05, 0.1) is 14.2 Å². The van der Waals surface area contributed by atoms with Gasteiger partial charge in [-0.1, -0.05) is 0 Å². The first-order valence-corrected chi connectivity index (χ1v) is 3.17. The summed E-state index contributed by atoms with van der Waals surface area (Å²) < 4.78 is 9.62. The Kier molecular flexibility index (Phi) is 2.21. The summed E-state index contributed by atoms with van der Waals surface area (Å²) >= 11 is 0. The number of rotatable bonds is 2. The van der Waals surface area contributed by atoms with Crippen molar-refractivity contribution >= 4 is 0 Å². The highest BCUT2D eigenvalue weighted by Crippen LogP contribution is 2.29. The highest BCUT2D eigenvalue weighted by atomic mass is 16.5. The predicted molar refractivity (Wildman–Crippen MR) is 39.7 cm³/mol. The number of methoxy groups -OCH3 is 2. The van der Waals surface area contributed by atoms with Crippen LogP contribution in [0, 0.1) is 0 Å². The fraction of sp³-hybridized carbons (Fsp3) is 0.250. The topological polar surface area (TPSA) is 38.4 Å². The molecule has 0 aliphatic carbocycles. The fourth-order valence-electron chi connectivity index (χ4n) is 0.784. The molecule has 59 valence electrons. The SMILES string of the molecule is COc1ccc(OC)c([O])c1. The molecular weight excluding hydrogens is 144 g/mol. The molecule has 0 saturated carbocycles. The lowest BCUT2D eigenvalue weighted by atomic mass is 10.3. The molecule has 3 nitrogen and oxygen atoms in total. The molecule has 0 bridgehead atoms. The van der Waals surface area contributed by atoms with E-state index in [-0.39, 0.29) is 5.75 Å². The highest BCUT2D eigenvalue weighted by Gasteiger charge is 2.03. The molecule has 0 spiro atoms. The normalized spacial score (nSPS) is 9.27. The number of hydrogen-bond donors (Lipinski definition) is 0. The molecule has 1 rings (SSSR count). The van der Waals surface area contributed by atoms with E-state index >= 15 is 0 Å². The van der Waals surface area contributed by atoms with Crippen LogP contribution in [0.5, 0.6) is 17.2 Å². The molecule has 3 heteroatoms. The van der Waals surface area contributed by atoms with Gasteiger partial charge in [-0.25, -0.2) is 0 Å². The Hall–Kier alpha value is -1.38. The smallest absolute Gasteiger partial charge is 0.224 e. The van der Waals surface area contributed by atoms with Crippen molar-refractivity contribution in [3.8, 4) is 17.2 Å². The second kappa shape index (κ2) is 3.14. The largest absolute Gasteiger partial charge is 0.497 e. The van der Waals surface area contributed by atoms with Crippen molar-refractivity contribution in [2.75, 3.05) is 14.2 Å². The third-order valence-corrected chi connectivity index (χ3v) is 1.37. The molecule has 0 amide bonds. The van der Waals surface area contributed by atoms with Gasteiger partial charge in [-0.05, 0) is 12.1 Å². The van der Waals surface area contributed by atoms with E-state index in [1.54, 1.807) is 12.1 Å². The van der Waals surface area contributed by atoms with Crippen molar-refractivity contribution < 1.29 is 14.6 Å². The zero-order valence-corrected chi connectivity index (χ0v) is 6.46. The van der Waals surface area contributed by atoms with Gasteiger partial charge in [-0.15, -0.1) is 0 Å². The summed E-state index contributed by atoms with van der Waals surface area (Å²) in [4.78, 5) is 0. The highest BCUT2D eigenvalue weighted by molar-refractivity contribution is 5.44. The summed E-state index contributed by atoms with van der Waals surface area (Å²) in [6.07, 6.45) is 0. The van der Waals surface area contributed by atoms with Crippen LogP contribution in [0.4, 0.5) is 0 Å². The monoisotopic (exact) mass is 153 g/mol. The molecule has 0 atom stereocenters. The maximum absolute atomic E-state index is 11.0. The van der Waals surface area contributed by atoms with Crippen LogP contribution >= 0.6 is 0 Å². The minimum atomic E-state index is -0.160. The van der Waals surface area contributed by atoms with E-state index < -0.39 is 0 Å². The van der Waals surface area contributed by atoms with Gasteiger partial charge in [-0.2, -0.15) is 0 Å². The fourth-order valence-corrected chi connectivity index (χ4v) is 0.784. The summed E-state index contributed by atoms with van der Waals surface area (Å²) in [5.41, 5.74) is 0. The Morgan fingerprint density at radius 2 is 1.91 bits per heavy atom. The van der Waals surface area contributed by atoms with E-state index in [0.29, 0.717) is 11.5 Å². The van der Waals surface area contributed by atoms with Crippen LogP contribution < -0.4 is 9.47 Å². The van der Waals surface area contributed by atoms with Gasteiger partial charge in [0.25, 0.3) is 0 Å². The Labute approximate surface area is 65.2 Å². The van der Waals surface area contributed by atoms with Crippen molar-refractivity contribution in [3.05, 3.63) is 18.2 Å². The first-order valence-electron chi connectivity index (χ1n) is 3.17. The predicted octanol–water partition coefficient (Wildman–Crippen LogP) is 1.85. The van der Waals surface area contributed by atoms with E-state index in [9.17, 15) is 5.11 Å². The standard InChI is InChI=1S/C8H9O3/c1-10-6-3-4-8(11-2)7(9)5-6/h3-5H,1-2H3. The van der Waals surface area contributed by atoms with Crippen molar-refractivity contribution in [1.29, 1.82) is 0 Å². The third-order valence-electron chi connectivity index (χ3n) is 1.37. The summed E-state index contributed by atoms with van der Waals surface area (Å²) in [5, 5.41) is 11.0. The molecule has 0 unspecified atom stereocenters. The molecule has 0 saturated heterocycles. The van der Waals surface area contributed by atoms with Crippen LogP contribution in [-0.4, -0.2) is 14.2 Å². The minimum absolute atomic E-state index is 0.160. The molecule has 0 aliphatic heterocycles. The quantitative estimate of drug-likeness (QED) is 0.650. The van der Waals surface area contributed by atoms with Gasteiger partial charge in [0, 0.05) is 6.07 Å². The van der Waals surface area contributed by atoms with Crippen molar-refractivity contribution in [1.82, 2.24) is 0 Å². The van der Waals surface area contributed by atoms with Crippen LogP contribution in [0.15, 0.2) is 18.2 Å². The van der Waals surface area contributed by atoms with Crippen molar-refractivity contribution in [2.45, 2.75) is 0 Å². The Balaban J connectivity index is 2.99. The van der Waals surface area contributed by atoms with Gasteiger partial charge >= 0.3 is 0 Å².